The van der Waals surface area contributed by atoms with Crippen molar-refractivity contribution in [2.24, 2.45) is 0 Å². The summed E-state index contributed by atoms with van der Waals surface area (Å²) in [5.74, 6) is -2.54. The van der Waals surface area contributed by atoms with Gasteiger partial charge in [0.25, 0.3) is 0 Å². The molecule has 0 bridgehead atoms. The van der Waals surface area contributed by atoms with E-state index in [0.717, 1.165) is 42.8 Å². The summed E-state index contributed by atoms with van der Waals surface area (Å²) in [5, 5.41) is 23.6. The van der Waals surface area contributed by atoms with Gasteiger partial charge in [0.05, 0.1) is 17.5 Å². The summed E-state index contributed by atoms with van der Waals surface area (Å²) in [6, 6.07) is 23.0. The Labute approximate surface area is 255 Å². The highest BCUT2D eigenvalue weighted by Gasteiger charge is 2.31. The van der Waals surface area contributed by atoms with Crippen molar-refractivity contribution in [2.75, 3.05) is 5.32 Å². The lowest BCUT2D eigenvalue weighted by Gasteiger charge is -2.20. The van der Waals surface area contributed by atoms with E-state index in [0.29, 0.717) is 11.2 Å². The van der Waals surface area contributed by atoms with Gasteiger partial charge in [-0.3, -0.25) is 4.79 Å². The molecule has 11 heteroatoms. The lowest BCUT2D eigenvalue weighted by molar-refractivity contribution is -0.274. The third-order valence-corrected chi connectivity index (χ3v) is 7.66. The van der Waals surface area contributed by atoms with E-state index >= 15 is 0 Å². The molecule has 1 heterocycles. The summed E-state index contributed by atoms with van der Waals surface area (Å²) in [6.45, 7) is 0. The van der Waals surface area contributed by atoms with Gasteiger partial charge in [-0.2, -0.15) is 0 Å². The average Bonchev–Trinajstić information content (AvgIpc) is 3.30. The zero-order valence-electron chi connectivity index (χ0n) is 23.7. The molecule has 0 spiro atoms. The smallest absolute Gasteiger partial charge is 0.481 e. The van der Waals surface area contributed by atoms with E-state index in [1.807, 2.05) is 24.3 Å². The molecule has 1 aliphatic carbocycles. The molecule has 45 heavy (non-hydrogen) atoms. The molecule has 0 fully saturated rings. The minimum absolute atomic E-state index is 0.0774. The number of hydrogen-bond acceptors (Lipinski definition) is 5. The predicted octanol–water partition coefficient (Wildman–Crippen LogP) is 8.27. The van der Waals surface area contributed by atoms with Gasteiger partial charge in [-0.05, 0) is 110 Å². The van der Waals surface area contributed by atoms with E-state index < -0.39 is 30.5 Å². The van der Waals surface area contributed by atoms with E-state index in [4.69, 9.17) is 4.74 Å². The minimum atomic E-state index is -4.83. The van der Waals surface area contributed by atoms with Gasteiger partial charge >= 0.3 is 18.3 Å². The lowest BCUT2D eigenvalue weighted by Crippen LogP contribution is -2.16. The minimum Gasteiger partial charge on any atom is -0.481 e. The van der Waals surface area contributed by atoms with Crippen LogP contribution in [-0.4, -0.2) is 33.1 Å². The molecule has 4 aromatic carbocycles. The number of rotatable bonds is 9. The molecule has 230 valence electrons. The standard InChI is InChI=1S/C34H27F3N2O6/c35-34(36,37)45-24-14-12-23(13-15-24)44-25-16-17-29-27(18-25)32(33(42)43)30(19-31(40)41)39(29)22-10-8-21(9-11-22)38-28-7-3-5-20-4-1-2-6-26(20)28/h3,5,7-18,38H,1-2,4,6,19H2,(H,40,41)(H,42,43). The van der Waals surface area contributed by atoms with Gasteiger partial charge in [-0.25, -0.2) is 4.79 Å². The Morgan fingerprint density at radius 2 is 1.53 bits per heavy atom. The molecule has 3 N–H and O–H groups in total. The fourth-order valence-corrected chi connectivity index (χ4v) is 5.82. The van der Waals surface area contributed by atoms with Gasteiger partial charge in [0.15, 0.2) is 0 Å². The first-order chi connectivity index (χ1) is 21.6. The van der Waals surface area contributed by atoms with E-state index in [2.05, 4.69) is 16.1 Å². The van der Waals surface area contributed by atoms with Crippen LogP contribution in [0.15, 0.2) is 84.9 Å². The number of aromatic carboxylic acids is 1. The number of aromatic nitrogens is 1. The Morgan fingerprint density at radius 1 is 0.844 bits per heavy atom. The zero-order chi connectivity index (χ0) is 31.7. The van der Waals surface area contributed by atoms with Crippen LogP contribution in [0.2, 0.25) is 0 Å². The third kappa shape index (κ3) is 6.42. The number of ether oxygens (including phenoxy) is 2. The fourth-order valence-electron chi connectivity index (χ4n) is 5.82. The number of carboxylic acid groups (broad SMARTS) is 2. The highest BCUT2D eigenvalue weighted by molar-refractivity contribution is 6.07. The first-order valence-corrected chi connectivity index (χ1v) is 14.2. The Hall–Kier alpha value is -5.45. The average molecular weight is 617 g/mol. The van der Waals surface area contributed by atoms with Crippen molar-refractivity contribution < 1.29 is 42.4 Å². The van der Waals surface area contributed by atoms with Crippen molar-refractivity contribution in [3.05, 3.63) is 107 Å². The van der Waals surface area contributed by atoms with Gasteiger partial charge < -0.3 is 29.6 Å². The number of halogens is 3. The van der Waals surface area contributed by atoms with Gasteiger partial charge in [0.1, 0.15) is 17.2 Å². The first-order valence-electron chi connectivity index (χ1n) is 14.2. The second-order valence-corrected chi connectivity index (χ2v) is 10.7. The van der Waals surface area contributed by atoms with Crippen molar-refractivity contribution in [3.8, 4) is 22.9 Å². The topological polar surface area (TPSA) is 110 Å². The molecule has 6 rings (SSSR count). The molecule has 0 unspecified atom stereocenters. The van der Waals surface area contributed by atoms with Gasteiger partial charge in [-0.15, -0.1) is 13.2 Å². The maximum absolute atomic E-state index is 12.5. The SMILES string of the molecule is O=C(O)Cc1c(C(=O)O)c2cc(Oc3ccc(OC(F)(F)F)cc3)ccc2n1-c1ccc(Nc2cccc3c2CCCC3)cc1. The number of nitrogens with zero attached hydrogens (tertiary/aromatic N) is 1. The number of carboxylic acids is 2. The van der Waals surface area contributed by atoms with E-state index in [1.165, 1.54) is 35.7 Å². The second-order valence-electron chi connectivity index (χ2n) is 10.7. The Bertz CT molecular complexity index is 1900. The number of carbonyl (C=O) groups is 2. The summed E-state index contributed by atoms with van der Waals surface area (Å²) < 4.78 is 48.8. The fraction of sp³-hybridized carbons (Fsp3) is 0.176. The number of aliphatic carboxylic acids is 1. The Morgan fingerprint density at radius 3 is 2.22 bits per heavy atom. The molecular weight excluding hydrogens is 589 g/mol. The molecule has 1 aliphatic rings. The third-order valence-electron chi connectivity index (χ3n) is 7.66. The number of anilines is 2. The van der Waals surface area contributed by atoms with E-state index in [1.54, 1.807) is 28.8 Å². The number of alkyl halides is 3. The van der Waals surface area contributed by atoms with Crippen molar-refractivity contribution in [1.82, 2.24) is 4.57 Å². The summed E-state index contributed by atoms with van der Waals surface area (Å²) in [4.78, 5) is 24.4. The maximum atomic E-state index is 12.5. The van der Waals surface area contributed by atoms with Crippen LogP contribution >= 0.6 is 0 Å². The second kappa shape index (κ2) is 11.9. The number of aryl methyl sites for hydroxylation is 1. The molecule has 0 saturated carbocycles. The van der Waals surface area contributed by atoms with Crippen LogP contribution in [0.1, 0.15) is 40.0 Å². The summed E-state index contributed by atoms with van der Waals surface area (Å²) in [5.41, 5.74) is 5.43. The highest BCUT2D eigenvalue weighted by atomic mass is 19.4. The van der Waals surface area contributed by atoms with Gasteiger partial charge in [0.2, 0.25) is 0 Å². The van der Waals surface area contributed by atoms with Crippen molar-refractivity contribution in [1.29, 1.82) is 0 Å². The van der Waals surface area contributed by atoms with E-state index in [-0.39, 0.29) is 28.1 Å². The molecule has 0 atom stereocenters. The molecule has 1 aromatic heterocycles. The lowest BCUT2D eigenvalue weighted by atomic mass is 9.90. The quantitative estimate of drug-likeness (QED) is 0.153. The van der Waals surface area contributed by atoms with Crippen molar-refractivity contribution in [3.63, 3.8) is 0 Å². The monoisotopic (exact) mass is 616 g/mol. The first kappa shape index (κ1) is 29.6. The zero-order valence-corrected chi connectivity index (χ0v) is 23.7. The van der Waals surface area contributed by atoms with E-state index in [9.17, 15) is 33.0 Å². The molecule has 0 amide bonds. The van der Waals surface area contributed by atoms with Crippen LogP contribution in [0.4, 0.5) is 24.5 Å². The molecule has 8 nitrogen and oxygen atoms in total. The van der Waals surface area contributed by atoms with Crippen LogP contribution in [0.25, 0.3) is 16.6 Å². The Balaban J connectivity index is 1.35. The van der Waals surface area contributed by atoms with Crippen LogP contribution in [0.3, 0.4) is 0 Å². The van der Waals surface area contributed by atoms with Crippen molar-refractivity contribution >= 4 is 34.2 Å². The van der Waals surface area contributed by atoms with Crippen molar-refractivity contribution in [2.45, 2.75) is 38.5 Å². The molecular formula is C34H27F3N2O6. The molecule has 0 aliphatic heterocycles. The summed E-state index contributed by atoms with van der Waals surface area (Å²) in [6.07, 6.45) is -1.01. The predicted molar refractivity (Wildman–Crippen MR) is 161 cm³/mol. The van der Waals surface area contributed by atoms with Crippen LogP contribution < -0.4 is 14.8 Å². The van der Waals surface area contributed by atoms with Crippen LogP contribution in [0.5, 0.6) is 17.2 Å². The number of nitrogens with one attached hydrogen (secondary N) is 1. The number of fused-ring (bicyclic) bond motifs is 2. The molecule has 0 saturated heterocycles. The van der Waals surface area contributed by atoms with Crippen LogP contribution in [0, 0.1) is 0 Å². The van der Waals surface area contributed by atoms with Gasteiger partial charge in [-0.1, -0.05) is 12.1 Å². The van der Waals surface area contributed by atoms with Crippen LogP contribution in [-0.2, 0) is 24.1 Å². The molecule has 0 radical (unpaired) electrons. The van der Waals surface area contributed by atoms with Gasteiger partial charge in [0, 0.05) is 28.1 Å². The summed E-state index contributed by atoms with van der Waals surface area (Å²) in [7, 11) is 0. The normalized spacial score (nSPS) is 12.9. The summed E-state index contributed by atoms with van der Waals surface area (Å²) >= 11 is 0. The Kier molecular flexibility index (Phi) is 7.84. The highest BCUT2D eigenvalue weighted by Crippen LogP contribution is 2.36. The number of benzene rings is 4. The largest absolute Gasteiger partial charge is 0.573 e. The molecule has 5 aromatic rings. The maximum Gasteiger partial charge on any atom is 0.573 e. The number of hydrogen-bond donors (Lipinski definition) is 3.